The van der Waals surface area contributed by atoms with E-state index in [0.29, 0.717) is 0 Å². The van der Waals surface area contributed by atoms with Gasteiger partial charge in [0.05, 0.1) is 27.8 Å². The lowest BCUT2D eigenvalue weighted by Gasteiger charge is -2.13. The fraction of sp³-hybridized carbons (Fsp3) is 0. The van der Waals surface area contributed by atoms with Gasteiger partial charge in [-0.25, -0.2) is 0 Å². The highest BCUT2D eigenvalue weighted by molar-refractivity contribution is 6.19. The van der Waals surface area contributed by atoms with Crippen molar-refractivity contribution < 1.29 is 4.42 Å². The summed E-state index contributed by atoms with van der Waals surface area (Å²) < 4.78 is 11.0. The maximum atomic E-state index is 6.17. The smallest absolute Gasteiger partial charge is 0.135 e. The highest BCUT2D eigenvalue weighted by Crippen LogP contribution is 2.49. The van der Waals surface area contributed by atoms with Crippen molar-refractivity contribution in [3.63, 3.8) is 0 Å². The van der Waals surface area contributed by atoms with E-state index in [9.17, 15) is 0 Å². The van der Waals surface area contributed by atoms with E-state index >= 15 is 0 Å². The molecule has 282 valence electrons. The molecule has 1 aliphatic carbocycles. The van der Waals surface area contributed by atoms with Crippen molar-refractivity contribution in [1.82, 2.24) is 9.13 Å². The Hall–Kier alpha value is -8.14. The van der Waals surface area contributed by atoms with Crippen molar-refractivity contribution >= 4 is 76.3 Å². The van der Waals surface area contributed by atoms with E-state index in [4.69, 9.17) is 4.42 Å². The van der Waals surface area contributed by atoms with Crippen LogP contribution in [0.1, 0.15) is 0 Å². The molecule has 0 saturated carbocycles. The lowest BCUT2D eigenvalue weighted by molar-refractivity contribution is 0.669. The minimum Gasteiger partial charge on any atom is -0.456 e. The van der Waals surface area contributed by atoms with Gasteiger partial charge in [0.15, 0.2) is 0 Å². The molecule has 0 N–H and O–H groups in total. The monoisotopic (exact) mass is 774 g/mol. The van der Waals surface area contributed by atoms with Gasteiger partial charge in [-0.3, -0.25) is 0 Å². The summed E-state index contributed by atoms with van der Waals surface area (Å²) in [6.07, 6.45) is 0. The highest BCUT2D eigenvalue weighted by Gasteiger charge is 2.24. The summed E-state index contributed by atoms with van der Waals surface area (Å²) in [5, 5.41) is 9.88. The summed E-state index contributed by atoms with van der Waals surface area (Å²) in [5.41, 5.74) is 19.0. The Morgan fingerprint density at radius 2 is 0.787 bits per heavy atom. The minimum absolute atomic E-state index is 0.906. The third-order valence-corrected chi connectivity index (χ3v) is 13.3. The highest BCUT2D eigenvalue weighted by atomic mass is 16.3. The van der Waals surface area contributed by atoms with Crippen molar-refractivity contribution in [1.29, 1.82) is 0 Å². The standard InChI is InChI=1S/C58H34N2O/c1-2-11-41-40(10-1)45-15-9-16-47-53(30-27-46(41)58(45)47)60-52-18-7-4-13-43(52)49-33-38(25-29-55(49)60)36-22-20-35(21-23-36)37-24-28-54-48(32-37)42-12-3-6-17-51(42)59(54)39-26-31-57-50(34-39)44-14-5-8-19-56(44)61-57/h1-34H. The summed E-state index contributed by atoms with van der Waals surface area (Å²) in [4.78, 5) is 0. The van der Waals surface area contributed by atoms with Gasteiger partial charge in [0.25, 0.3) is 0 Å². The first-order valence-electron chi connectivity index (χ1n) is 21.0. The largest absolute Gasteiger partial charge is 0.456 e. The Bertz CT molecular complexity index is 3960. The van der Waals surface area contributed by atoms with Crippen LogP contribution in [0.25, 0.3) is 132 Å². The molecule has 0 unspecified atom stereocenters. The summed E-state index contributed by atoms with van der Waals surface area (Å²) in [6.45, 7) is 0. The third-order valence-electron chi connectivity index (χ3n) is 13.3. The van der Waals surface area contributed by atoms with E-state index in [2.05, 4.69) is 203 Å². The van der Waals surface area contributed by atoms with E-state index in [-0.39, 0.29) is 0 Å². The number of hydrogen-bond donors (Lipinski definition) is 0. The Morgan fingerprint density at radius 1 is 0.279 bits per heavy atom. The van der Waals surface area contributed by atoms with Crippen LogP contribution >= 0.6 is 0 Å². The first-order valence-corrected chi connectivity index (χ1v) is 21.0. The van der Waals surface area contributed by atoms with Crippen LogP contribution in [-0.4, -0.2) is 9.13 Å². The third kappa shape index (κ3) is 4.58. The maximum absolute atomic E-state index is 6.17. The molecule has 13 aromatic rings. The van der Waals surface area contributed by atoms with Gasteiger partial charge in [-0.15, -0.1) is 0 Å². The van der Waals surface area contributed by atoms with Gasteiger partial charge in [0, 0.05) is 43.4 Å². The maximum Gasteiger partial charge on any atom is 0.135 e. The Morgan fingerprint density at radius 3 is 1.49 bits per heavy atom. The normalized spacial score (nSPS) is 12.3. The van der Waals surface area contributed by atoms with E-state index in [1.54, 1.807) is 0 Å². The molecule has 1 aliphatic rings. The molecule has 10 aromatic carbocycles. The van der Waals surface area contributed by atoms with Crippen molar-refractivity contribution in [3.8, 4) is 55.9 Å². The summed E-state index contributed by atoms with van der Waals surface area (Å²) in [6, 6.07) is 75.6. The Balaban J connectivity index is 0.854. The number of hydrogen-bond acceptors (Lipinski definition) is 1. The molecule has 0 fully saturated rings. The minimum atomic E-state index is 0.906. The molecular formula is C58H34N2O. The van der Waals surface area contributed by atoms with Crippen molar-refractivity contribution in [2.45, 2.75) is 0 Å². The predicted octanol–water partition coefficient (Wildman–Crippen LogP) is 15.9. The van der Waals surface area contributed by atoms with Crippen molar-refractivity contribution in [2.75, 3.05) is 0 Å². The first-order chi connectivity index (χ1) is 30.2. The Labute approximate surface area is 350 Å². The topological polar surface area (TPSA) is 23.0 Å². The van der Waals surface area contributed by atoms with E-state index in [0.717, 1.165) is 27.6 Å². The summed E-state index contributed by atoms with van der Waals surface area (Å²) >= 11 is 0. The molecule has 0 spiro atoms. The van der Waals surface area contributed by atoms with Crippen LogP contribution in [0.5, 0.6) is 0 Å². The fourth-order valence-electron chi connectivity index (χ4n) is 10.5. The number of furan rings is 1. The molecule has 0 atom stereocenters. The number of fused-ring (bicyclic) bond motifs is 12. The van der Waals surface area contributed by atoms with Crippen LogP contribution < -0.4 is 0 Å². The first kappa shape index (κ1) is 32.8. The van der Waals surface area contributed by atoms with Crippen LogP contribution in [0, 0.1) is 0 Å². The van der Waals surface area contributed by atoms with Crippen LogP contribution in [-0.2, 0) is 0 Å². The zero-order valence-electron chi connectivity index (χ0n) is 32.9. The molecule has 14 rings (SSSR count). The predicted molar refractivity (Wildman–Crippen MR) is 255 cm³/mol. The van der Waals surface area contributed by atoms with Gasteiger partial charge in [-0.05, 0) is 117 Å². The second-order valence-electron chi connectivity index (χ2n) is 16.4. The van der Waals surface area contributed by atoms with Crippen LogP contribution in [0.3, 0.4) is 0 Å². The molecule has 0 saturated heterocycles. The number of para-hydroxylation sites is 3. The lowest BCUT2D eigenvalue weighted by atomic mass is 9.98. The number of benzene rings is 10. The van der Waals surface area contributed by atoms with Crippen LogP contribution in [0.4, 0.5) is 0 Å². The summed E-state index contributed by atoms with van der Waals surface area (Å²) in [5.74, 6) is 0. The molecule has 0 amide bonds. The average Bonchev–Trinajstić information content (AvgIpc) is 4.06. The van der Waals surface area contributed by atoms with Gasteiger partial charge in [-0.2, -0.15) is 0 Å². The second-order valence-corrected chi connectivity index (χ2v) is 16.4. The number of aromatic nitrogens is 2. The quantitative estimate of drug-likeness (QED) is 0.175. The molecule has 3 aromatic heterocycles. The molecule has 61 heavy (non-hydrogen) atoms. The molecule has 3 nitrogen and oxygen atoms in total. The zero-order valence-corrected chi connectivity index (χ0v) is 32.9. The van der Waals surface area contributed by atoms with Gasteiger partial charge in [-0.1, -0.05) is 140 Å². The second kappa shape index (κ2) is 12.2. The van der Waals surface area contributed by atoms with E-state index < -0.39 is 0 Å². The molecule has 3 heterocycles. The zero-order chi connectivity index (χ0) is 39.8. The van der Waals surface area contributed by atoms with E-state index in [1.807, 2.05) is 12.1 Å². The van der Waals surface area contributed by atoms with Gasteiger partial charge < -0.3 is 13.6 Å². The van der Waals surface area contributed by atoms with Crippen molar-refractivity contribution in [2.24, 2.45) is 0 Å². The molecule has 0 radical (unpaired) electrons. The summed E-state index contributed by atoms with van der Waals surface area (Å²) in [7, 11) is 0. The molecule has 0 bridgehead atoms. The van der Waals surface area contributed by atoms with Gasteiger partial charge >= 0.3 is 0 Å². The number of nitrogens with zero attached hydrogens (tertiary/aromatic N) is 2. The lowest BCUT2D eigenvalue weighted by Crippen LogP contribution is -1.95. The molecule has 3 heteroatoms. The fourth-order valence-corrected chi connectivity index (χ4v) is 10.5. The van der Waals surface area contributed by atoms with Crippen LogP contribution in [0.2, 0.25) is 0 Å². The van der Waals surface area contributed by atoms with E-state index in [1.165, 1.54) is 105 Å². The molecular weight excluding hydrogens is 741 g/mol. The SMILES string of the molecule is c1ccc2c(c1)-c1cccc3c(-n4c5ccccc5c5cc(-c6ccc(-c7ccc8c(c7)c7ccccc7n8-c7ccc8oc9ccccc9c8c7)cc6)ccc54)ccc-2c13. The van der Waals surface area contributed by atoms with Gasteiger partial charge in [0.2, 0.25) is 0 Å². The van der Waals surface area contributed by atoms with Crippen LogP contribution in [0.15, 0.2) is 211 Å². The Kier molecular flexibility index (Phi) is 6.56. The van der Waals surface area contributed by atoms with Gasteiger partial charge in [0.1, 0.15) is 11.2 Å². The molecule has 0 aliphatic heterocycles. The van der Waals surface area contributed by atoms with Crippen molar-refractivity contribution in [3.05, 3.63) is 206 Å². The number of rotatable bonds is 4. The average molecular weight is 775 g/mol.